The lowest BCUT2D eigenvalue weighted by Gasteiger charge is -2.13. The third-order valence-electron chi connectivity index (χ3n) is 3.17. The van der Waals surface area contributed by atoms with Crippen molar-refractivity contribution in [3.05, 3.63) is 53.3 Å². The van der Waals surface area contributed by atoms with Gasteiger partial charge >= 0.3 is 0 Å². The summed E-state index contributed by atoms with van der Waals surface area (Å²) in [5.74, 6) is 0. The number of nitrogens with one attached hydrogen (secondary N) is 1. The molecule has 0 aliphatic rings. The molecule has 2 aromatic rings. The van der Waals surface area contributed by atoms with E-state index in [4.69, 9.17) is 5.73 Å². The van der Waals surface area contributed by atoms with Crippen LogP contribution < -0.4 is 10.5 Å². The van der Waals surface area contributed by atoms with Gasteiger partial charge in [0, 0.05) is 18.9 Å². The topological polar surface area (TPSA) is 85.1 Å². The highest BCUT2D eigenvalue weighted by molar-refractivity contribution is 7.92. The summed E-state index contributed by atoms with van der Waals surface area (Å²) >= 11 is 0. The highest BCUT2D eigenvalue weighted by atomic mass is 32.2. The van der Waals surface area contributed by atoms with Gasteiger partial charge in [0.15, 0.2) is 0 Å². The van der Waals surface area contributed by atoms with Crippen LogP contribution in [0.3, 0.4) is 0 Å². The summed E-state index contributed by atoms with van der Waals surface area (Å²) in [5.41, 5.74) is 8.40. The lowest BCUT2D eigenvalue weighted by Crippen LogP contribution is -2.16. The van der Waals surface area contributed by atoms with Crippen LogP contribution >= 0.6 is 0 Å². The molecule has 0 radical (unpaired) electrons. The molecular weight excluding hydrogens is 274 g/mol. The van der Waals surface area contributed by atoms with Gasteiger partial charge in [-0.1, -0.05) is 12.1 Å². The summed E-state index contributed by atoms with van der Waals surface area (Å²) in [6.07, 6.45) is 3.16. The number of nitrogens with two attached hydrogens (primary N) is 1. The minimum absolute atomic E-state index is 0.247. The van der Waals surface area contributed by atoms with E-state index in [2.05, 4.69) is 9.71 Å². The number of benzene rings is 1. The van der Waals surface area contributed by atoms with Crippen molar-refractivity contribution in [2.24, 2.45) is 5.73 Å². The predicted molar refractivity (Wildman–Crippen MR) is 78.9 cm³/mol. The van der Waals surface area contributed by atoms with E-state index >= 15 is 0 Å². The smallest absolute Gasteiger partial charge is 0.262 e. The second-order valence-electron chi connectivity index (χ2n) is 4.54. The number of anilines is 1. The zero-order valence-electron chi connectivity index (χ0n) is 11.4. The number of aromatic nitrogens is 1. The number of rotatable bonds is 4. The quantitative estimate of drug-likeness (QED) is 0.901. The van der Waals surface area contributed by atoms with Crippen LogP contribution in [-0.2, 0) is 16.6 Å². The molecule has 0 saturated carbocycles. The molecular formula is C14H17N3O2S. The fourth-order valence-electron chi connectivity index (χ4n) is 1.96. The molecule has 1 aromatic carbocycles. The molecule has 20 heavy (non-hydrogen) atoms. The number of nitrogens with zero attached hydrogens (tertiary/aromatic N) is 1. The fourth-order valence-corrected chi connectivity index (χ4v) is 3.38. The van der Waals surface area contributed by atoms with Crippen LogP contribution in [0, 0.1) is 13.8 Å². The molecule has 1 aromatic heterocycles. The zero-order valence-corrected chi connectivity index (χ0v) is 12.2. The number of hydrogen-bond donors (Lipinski definition) is 2. The Morgan fingerprint density at radius 2 is 2.00 bits per heavy atom. The van der Waals surface area contributed by atoms with Gasteiger partial charge in [0.25, 0.3) is 10.0 Å². The van der Waals surface area contributed by atoms with Crippen molar-refractivity contribution in [1.82, 2.24) is 4.98 Å². The predicted octanol–water partition coefficient (Wildman–Crippen LogP) is 1.96. The van der Waals surface area contributed by atoms with E-state index in [0.29, 0.717) is 17.8 Å². The van der Waals surface area contributed by atoms with Gasteiger partial charge in [-0.15, -0.1) is 0 Å². The highest BCUT2D eigenvalue weighted by Crippen LogP contribution is 2.22. The fraction of sp³-hybridized carbons (Fsp3) is 0.214. The van der Waals surface area contributed by atoms with E-state index in [1.54, 1.807) is 44.4 Å². The Hall–Kier alpha value is -1.92. The summed E-state index contributed by atoms with van der Waals surface area (Å²) in [6, 6.07) is 6.73. The Labute approximate surface area is 118 Å². The molecule has 0 fully saturated rings. The largest absolute Gasteiger partial charge is 0.326 e. The first-order valence-electron chi connectivity index (χ1n) is 6.17. The van der Waals surface area contributed by atoms with E-state index in [0.717, 1.165) is 11.1 Å². The van der Waals surface area contributed by atoms with Gasteiger partial charge in [-0.2, -0.15) is 0 Å². The first kappa shape index (κ1) is 14.5. The first-order valence-corrected chi connectivity index (χ1v) is 7.66. The molecule has 0 bridgehead atoms. The third-order valence-corrected chi connectivity index (χ3v) is 4.68. The minimum atomic E-state index is -3.63. The molecule has 1 heterocycles. The first-order chi connectivity index (χ1) is 9.45. The van der Waals surface area contributed by atoms with E-state index in [1.165, 1.54) is 0 Å². The lowest BCUT2D eigenvalue weighted by atomic mass is 10.1. The Kier molecular flexibility index (Phi) is 4.06. The van der Waals surface area contributed by atoms with E-state index in [9.17, 15) is 8.42 Å². The number of sulfonamides is 1. The van der Waals surface area contributed by atoms with Crippen LogP contribution in [0.25, 0.3) is 0 Å². The van der Waals surface area contributed by atoms with Gasteiger partial charge < -0.3 is 5.73 Å². The summed E-state index contributed by atoms with van der Waals surface area (Å²) in [7, 11) is -3.63. The van der Waals surface area contributed by atoms with E-state index < -0.39 is 10.0 Å². The van der Waals surface area contributed by atoms with Crippen molar-refractivity contribution in [2.45, 2.75) is 25.3 Å². The lowest BCUT2D eigenvalue weighted by molar-refractivity contribution is 0.600. The molecule has 2 rings (SSSR count). The third kappa shape index (κ3) is 2.81. The van der Waals surface area contributed by atoms with Gasteiger partial charge in [-0.3, -0.25) is 9.71 Å². The zero-order chi connectivity index (χ0) is 14.8. The van der Waals surface area contributed by atoms with Gasteiger partial charge in [0.1, 0.15) is 0 Å². The molecule has 0 spiro atoms. The van der Waals surface area contributed by atoms with Crippen LogP contribution in [-0.4, -0.2) is 13.4 Å². The highest BCUT2D eigenvalue weighted by Gasteiger charge is 2.18. The minimum Gasteiger partial charge on any atom is -0.326 e. The van der Waals surface area contributed by atoms with Crippen LogP contribution in [0.2, 0.25) is 0 Å². The molecule has 0 amide bonds. The van der Waals surface area contributed by atoms with Crippen LogP contribution in [0.1, 0.15) is 16.7 Å². The van der Waals surface area contributed by atoms with Gasteiger partial charge in [-0.25, -0.2) is 8.42 Å². The van der Waals surface area contributed by atoms with Gasteiger partial charge in [-0.05, 0) is 42.7 Å². The average Bonchev–Trinajstić information content (AvgIpc) is 2.41. The molecule has 6 heteroatoms. The molecule has 0 unspecified atom stereocenters. The van der Waals surface area contributed by atoms with Crippen molar-refractivity contribution in [3.63, 3.8) is 0 Å². The van der Waals surface area contributed by atoms with Gasteiger partial charge in [0.2, 0.25) is 0 Å². The molecule has 0 aliphatic heterocycles. The van der Waals surface area contributed by atoms with E-state index in [1.807, 2.05) is 6.07 Å². The summed E-state index contributed by atoms with van der Waals surface area (Å²) < 4.78 is 27.5. The number of pyridine rings is 1. The Balaban J connectivity index is 2.44. The second-order valence-corrected chi connectivity index (χ2v) is 6.19. The van der Waals surface area contributed by atoms with Crippen molar-refractivity contribution >= 4 is 15.7 Å². The molecule has 5 nitrogen and oxygen atoms in total. The Morgan fingerprint density at radius 3 is 2.65 bits per heavy atom. The maximum atomic E-state index is 12.5. The standard InChI is InChI=1S/C14H17N3O2S/c1-10-9-16-7-6-13(10)17-20(18,19)14-5-3-4-12(8-15)11(14)2/h3-7,9H,8,15H2,1-2H3,(H,16,17). The second kappa shape index (κ2) is 5.60. The Bertz CT molecular complexity index is 727. The van der Waals surface area contributed by atoms with Crippen molar-refractivity contribution in [2.75, 3.05) is 4.72 Å². The van der Waals surface area contributed by atoms with E-state index in [-0.39, 0.29) is 4.90 Å². The summed E-state index contributed by atoms with van der Waals surface area (Å²) in [4.78, 5) is 4.19. The van der Waals surface area contributed by atoms with Crippen LogP contribution in [0.5, 0.6) is 0 Å². The normalized spacial score (nSPS) is 11.3. The number of aryl methyl sites for hydroxylation is 1. The molecule has 0 saturated heterocycles. The molecule has 106 valence electrons. The van der Waals surface area contributed by atoms with Crippen molar-refractivity contribution in [1.29, 1.82) is 0 Å². The van der Waals surface area contributed by atoms with Crippen molar-refractivity contribution < 1.29 is 8.42 Å². The molecule has 0 atom stereocenters. The van der Waals surface area contributed by atoms with Gasteiger partial charge in [0.05, 0.1) is 10.6 Å². The SMILES string of the molecule is Cc1cnccc1NS(=O)(=O)c1cccc(CN)c1C. The van der Waals surface area contributed by atoms with Crippen LogP contribution in [0.15, 0.2) is 41.6 Å². The summed E-state index contributed by atoms with van der Waals surface area (Å²) in [6.45, 7) is 3.87. The Morgan fingerprint density at radius 1 is 1.25 bits per heavy atom. The molecule has 0 aliphatic carbocycles. The number of hydrogen-bond acceptors (Lipinski definition) is 4. The average molecular weight is 291 g/mol. The maximum absolute atomic E-state index is 12.5. The molecule has 3 N–H and O–H groups in total. The monoisotopic (exact) mass is 291 g/mol. The van der Waals surface area contributed by atoms with Crippen LogP contribution in [0.4, 0.5) is 5.69 Å². The maximum Gasteiger partial charge on any atom is 0.262 e. The summed E-state index contributed by atoms with van der Waals surface area (Å²) in [5, 5.41) is 0. The van der Waals surface area contributed by atoms with Crippen molar-refractivity contribution in [3.8, 4) is 0 Å².